The third-order valence-corrected chi connectivity index (χ3v) is 4.93. The number of benzene rings is 1. The van der Waals surface area contributed by atoms with Crippen LogP contribution in [0.3, 0.4) is 0 Å². The summed E-state index contributed by atoms with van der Waals surface area (Å²) in [6.07, 6.45) is 2.51. The lowest BCUT2D eigenvalue weighted by atomic mass is 10.1. The number of ether oxygens (including phenoxy) is 1. The molecular formula is C17H19N3O3. The fourth-order valence-electron chi connectivity index (χ4n) is 3.59. The van der Waals surface area contributed by atoms with Crippen LogP contribution in [0.15, 0.2) is 35.1 Å². The number of nitrogens with zero attached hydrogens (tertiary/aromatic N) is 2. The smallest absolute Gasteiger partial charge is 0.276 e. The Hall–Kier alpha value is -2.34. The van der Waals surface area contributed by atoms with Crippen LogP contribution >= 0.6 is 0 Å². The number of hydrogen-bond acceptors (Lipinski definition) is 5. The van der Waals surface area contributed by atoms with Crippen molar-refractivity contribution >= 4 is 5.91 Å². The SMILES string of the molecule is COc1ccc(-c2ocnc2C(=O)N2C[C@H]3C[C@H]3[C@H]2CN)cc1. The van der Waals surface area contributed by atoms with Crippen molar-refractivity contribution in [2.45, 2.75) is 12.5 Å². The summed E-state index contributed by atoms with van der Waals surface area (Å²) in [6.45, 7) is 1.28. The largest absolute Gasteiger partial charge is 0.497 e. The Morgan fingerprint density at radius 2 is 2.22 bits per heavy atom. The quantitative estimate of drug-likeness (QED) is 0.930. The minimum Gasteiger partial charge on any atom is -0.497 e. The predicted octanol–water partition coefficient (Wildman–Crippen LogP) is 1.77. The van der Waals surface area contributed by atoms with E-state index in [0.29, 0.717) is 29.8 Å². The van der Waals surface area contributed by atoms with Gasteiger partial charge in [0.05, 0.1) is 7.11 Å². The number of fused-ring (bicyclic) bond motifs is 1. The molecule has 2 aromatic rings. The Labute approximate surface area is 134 Å². The third-order valence-electron chi connectivity index (χ3n) is 4.93. The molecule has 0 unspecified atom stereocenters. The van der Waals surface area contributed by atoms with E-state index in [1.807, 2.05) is 29.2 Å². The number of amides is 1. The van der Waals surface area contributed by atoms with Crippen molar-refractivity contribution in [2.75, 3.05) is 20.2 Å². The second kappa shape index (κ2) is 5.38. The maximum atomic E-state index is 12.9. The molecule has 2 aliphatic rings. The van der Waals surface area contributed by atoms with Crippen molar-refractivity contribution in [1.29, 1.82) is 0 Å². The number of oxazole rings is 1. The van der Waals surface area contributed by atoms with Gasteiger partial charge in [-0.15, -0.1) is 0 Å². The van der Waals surface area contributed by atoms with Crippen molar-refractivity contribution in [3.63, 3.8) is 0 Å². The third kappa shape index (κ3) is 2.30. The summed E-state index contributed by atoms with van der Waals surface area (Å²) in [5, 5.41) is 0. The van der Waals surface area contributed by atoms with Gasteiger partial charge in [0, 0.05) is 24.7 Å². The summed E-state index contributed by atoms with van der Waals surface area (Å²) in [5.74, 6) is 2.34. The van der Waals surface area contributed by atoms with Crippen LogP contribution in [0.25, 0.3) is 11.3 Å². The first kappa shape index (κ1) is 14.3. The van der Waals surface area contributed by atoms with Gasteiger partial charge >= 0.3 is 0 Å². The molecule has 4 rings (SSSR count). The van der Waals surface area contributed by atoms with E-state index in [1.165, 1.54) is 12.8 Å². The summed E-state index contributed by atoms with van der Waals surface area (Å²) in [6, 6.07) is 7.52. The number of rotatable bonds is 4. The lowest BCUT2D eigenvalue weighted by Crippen LogP contribution is -2.43. The van der Waals surface area contributed by atoms with Crippen LogP contribution in [-0.2, 0) is 0 Å². The maximum absolute atomic E-state index is 12.9. The van der Waals surface area contributed by atoms with E-state index in [-0.39, 0.29) is 11.9 Å². The summed E-state index contributed by atoms with van der Waals surface area (Å²) < 4.78 is 10.6. The molecule has 2 N–H and O–H groups in total. The molecule has 1 amide bonds. The first-order valence-electron chi connectivity index (χ1n) is 7.82. The number of aromatic nitrogens is 1. The van der Waals surface area contributed by atoms with Crippen molar-refractivity contribution in [2.24, 2.45) is 17.6 Å². The molecular weight excluding hydrogens is 294 g/mol. The van der Waals surface area contributed by atoms with Gasteiger partial charge in [0.1, 0.15) is 5.75 Å². The fraction of sp³-hybridized carbons (Fsp3) is 0.412. The van der Waals surface area contributed by atoms with Crippen LogP contribution in [0.5, 0.6) is 5.75 Å². The Kier molecular flexibility index (Phi) is 3.34. The Balaban J connectivity index is 1.62. The molecule has 0 bridgehead atoms. The lowest BCUT2D eigenvalue weighted by molar-refractivity contribution is 0.0707. The van der Waals surface area contributed by atoms with Gasteiger partial charge in [-0.3, -0.25) is 4.79 Å². The van der Waals surface area contributed by atoms with Gasteiger partial charge in [0.15, 0.2) is 17.8 Å². The molecule has 3 atom stereocenters. The van der Waals surface area contributed by atoms with Gasteiger partial charge in [-0.2, -0.15) is 0 Å². The number of piperidine rings is 1. The van der Waals surface area contributed by atoms with E-state index < -0.39 is 0 Å². The maximum Gasteiger partial charge on any atom is 0.276 e. The van der Waals surface area contributed by atoms with Crippen LogP contribution in [-0.4, -0.2) is 42.0 Å². The molecule has 2 fully saturated rings. The van der Waals surface area contributed by atoms with Gasteiger partial charge in [-0.05, 0) is 42.5 Å². The molecule has 6 heteroatoms. The van der Waals surface area contributed by atoms with Gasteiger partial charge < -0.3 is 19.8 Å². The van der Waals surface area contributed by atoms with Crippen LogP contribution < -0.4 is 10.5 Å². The van der Waals surface area contributed by atoms with E-state index >= 15 is 0 Å². The fourth-order valence-corrected chi connectivity index (χ4v) is 3.59. The highest BCUT2D eigenvalue weighted by Gasteiger charge is 2.53. The standard InChI is InChI=1S/C17H19N3O3/c1-22-12-4-2-10(3-5-12)16-15(19-9-23-16)17(21)20-8-11-6-13(11)14(20)7-18/h2-5,9,11,13-14H,6-8,18H2,1H3/t11-,13-,14-/m1/s1. The summed E-state index contributed by atoms with van der Waals surface area (Å²) >= 11 is 0. The topological polar surface area (TPSA) is 81.6 Å². The predicted molar refractivity (Wildman–Crippen MR) is 84.0 cm³/mol. The Morgan fingerprint density at radius 3 is 2.91 bits per heavy atom. The molecule has 6 nitrogen and oxygen atoms in total. The number of carbonyl (C=O) groups excluding carboxylic acids is 1. The number of methoxy groups -OCH3 is 1. The molecule has 1 aromatic carbocycles. The van der Waals surface area contributed by atoms with Gasteiger partial charge in [-0.1, -0.05) is 0 Å². The van der Waals surface area contributed by atoms with Crippen LogP contribution in [0.1, 0.15) is 16.9 Å². The number of carbonyl (C=O) groups is 1. The van der Waals surface area contributed by atoms with Crippen LogP contribution in [0.4, 0.5) is 0 Å². The minimum atomic E-state index is -0.0905. The molecule has 2 heterocycles. The monoisotopic (exact) mass is 313 g/mol. The van der Waals surface area contributed by atoms with E-state index in [4.69, 9.17) is 14.9 Å². The zero-order valence-electron chi connectivity index (χ0n) is 12.9. The number of likely N-dealkylation sites (tertiary alicyclic amines) is 1. The van der Waals surface area contributed by atoms with Gasteiger partial charge in [-0.25, -0.2) is 4.98 Å². The van der Waals surface area contributed by atoms with Gasteiger partial charge in [0.2, 0.25) is 0 Å². The van der Waals surface area contributed by atoms with Gasteiger partial charge in [0.25, 0.3) is 5.91 Å². The molecule has 1 aliphatic carbocycles. The normalized spacial score (nSPS) is 25.3. The first-order valence-corrected chi connectivity index (χ1v) is 7.82. The summed E-state index contributed by atoms with van der Waals surface area (Å²) in [7, 11) is 1.62. The van der Waals surface area contributed by atoms with E-state index in [0.717, 1.165) is 17.9 Å². The highest BCUT2D eigenvalue weighted by atomic mass is 16.5. The van der Waals surface area contributed by atoms with Crippen LogP contribution in [0, 0.1) is 11.8 Å². The molecule has 1 aromatic heterocycles. The van der Waals surface area contributed by atoms with Crippen molar-refractivity contribution in [3.8, 4) is 17.1 Å². The zero-order chi connectivity index (χ0) is 16.0. The van der Waals surface area contributed by atoms with Crippen LogP contribution in [0.2, 0.25) is 0 Å². The molecule has 0 radical (unpaired) electrons. The lowest BCUT2D eigenvalue weighted by Gasteiger charge is -2.25. The molecule has 120 valence electrons. The first-order chi connectivity index (χ1) is 11.2. The average molecular weight is 313 g/mol. The van der Waals surface area contributed by atoms with Crippen molar-refractivity contribution in [1.82, 2.24) is 9.88 Å². The highest BCUT2D eigenvalue weighted by molar-refractivity contribution is 5.98. The van der Waals surface area contributed by atoms with Crippen molar-refractivity contribution in [3.05, 3.63) is 36.4 Å². The van der Waals surface area contributed by atoms with E-state index in [9.17, 15) is 4.79 Å². The summed E-state index contributed by atoms with van der Waals surface area (Å²) in [4.78, 5) is 18.9. The average Bonchev–Trinajstić information content (AvgIpc) is 3.04. The second-order valence-electron chi connectivity index (χ2n) is 6.18. The van der Waals surface area contributed by atoms with Crippen molar-refractivity contribution < 1.29 is 13.9 Å². The summed E-state index contributed by atoms with van der Waals surface area (Å²) in [5.41, 5.74) is 7.02. The second-order valence-corrected chi connectivity index (χ2v) is 6.18. The molecule has 1 saturated carbocycles. The number of hydrogen-bond donors (Lipinski definition) is 1. The Bertz CT molecular complexity index is 725. The Morgan fingerprint density at radius 1 is 1.43 bits per heavy atom. The number of nitrogens with two attached hydrogens (primary N) is 1. The molecule has 1 saturated heterocycles. The molecule has 1 aliphatic heterocycles. The minimum absolute atomic E-state index is 0.0905. The highest BCUT2D eigenvalue weighted by Crippen LogP contribution is 2.49. The molecule has 23 heavy (non-hydrogen) atoms. The molecule has 0 spiro atoms. The van der Waals surface area contributed by atoms with E-state index in [2.05, 4.69) is 4.98 Å². The van der Waals surface area contributed by atoms with E-state index in [1.54, 1.807) is 7.11 Å². The zero-order valence-corrected chi connectivity index (χ0v) is 12.9.